The standard InChI is InChI=1S/C13H13ClN2/c1-2-3-4-5-8-16-13-9-12(14)7-6-11(13)10-15/h1,6-7,9,16H,3-5,8H2. The molecule has 16 heavy (non-hydrogen) atoms. The van der Waals surface area contributed by atoms with Gasteiger partial charge in [0, 0.05) is 18.0 Å². The summed E-state index contributed by atoms with van der Waals surface area (Å²) in [6, 6.07) is 7.31. The molecule has 1 N–H and O–H groups in total. The Hall–Kier alpha value is -1.64. The zero-order chi connectivity index (χ0) is 11.8. The van der Waals surface area contributed by atoms with Gasteiger partial charge in [-0.2, -0.15) is 5.26 Å². The second-order valence-electron chi connectivity index (χ2n) is 3.39. The number of anilines is 1. The van der Waals surface area contributed by atoms with Gasteiger partial charge in [-0.3, -0.25) is 0 Å². The van der Waals surface area contributed by atoms with Crippen LogP contribution in [-0.4, -0.2) is 6.54 Å². The number of hydrogen-bond donors (Lipinski definition) is 1. The lowest BCUT2D eigenvalue weighted by molar-refractivity contribution is 0.789. The Morgan fingerprint density at radius 2 is 2.19 bits per heavy atom. The fraction of sp³-hybridized carbons (Fsp3) is 0.308. The van der Waals surface area contributed by atoms with E-state index in [0.717, 1.165) is 31.5 Å². The van der Waals surface area contributed by atoms with Crippen molar-refractivity contribution in [3.63, 3.8) is 0 Å². The predicted octanol–water partition coefficient (Wildman–Crippen LogP) is 3.43. The van der Waals surface area contributed by atoms with Crippen LogP contribution >= 0.6 is 11.6 Å². The molecule has 82 valence electrons. The Balaban J connectivity index is 2.50. The molecule has 0 aliphatic carbocycles. The van der Waals surface area contributed by atoms with Gasteiger partial charge in [-0.15, -0.1) is 12.3 Å². The van der Waals surface area contributed by atoms with Crippen LogP contribution in [0.4, 0.5) is 5.69 Å². The second kappa shape index (κ2) is 6.77. The maximum atomic E-state index is 8.89. The molecule has 0 unspecified atom stereocenters. The van der Waals surface area contributed by atoms with Crippen molar-refractivity contribution in [1.82, 2.24) is 0 Å². The summed E-state index contributed by atoms with van der Waals surface area (Å²) in [5, 5.41) is 12.7. The van der Waals surface area contributed by atoms with Crippen molar-refractivity contribution in [1.29, 1.82) is 5.26 Å². The molecule has 3 heteroatoms. The van der Waals surface area contributed by atoms with E-state index in [1.807, 2.05) is 0 Å². The van der Waals surface area contributed by atoms with Gasteiger partial charge in [0.25, 0.3) is 0 Å². The molecular weight excluding hydrogens is 220 g/mol. The van der Waals surface area contributed by atoms with Crippen LogP contribution in [0.25, 0.3) is 0 Å². The number of nitrogens with zero attached hydrogens (tertiary/aromatic N) is 1. The van der Waals surface area contributed by atoms with Gasteiger partial charge < -0.3 is 5.32 Å². The van der Waals surface area contributed by atoms with Crippen molar-refractivity contribution in [3.8, 4) is 18.4 Å². The van der Waals surface area contributed by atoms with E-state index in [4.69, 9.17) is 23.3 Å². The molecule has 0 amide bonds. The fourth-order valence-corrected chi connectivity index (χ4v) is 1.51. The van der Waals surface area contributed by atoms with E-state index in [9.17, 15) is 0 Å². The van der Waals surface area contributed by atoms with Gasteiger partial charge in [0.2, 0.25) is 0 Å². The summed E-state index contributed by atoms with van der Waals surface area (Å²) in [4.78, 5) is 0. The molecule has 0 spiro atoms. The largest absolute Gasteiger partial charge is 0.384 e. The molecule has 0 heterocycles. The lowest BCUT2D eigenvalue weighted by atomic mass is 10.2. The molecule has 0 aliphatic heterocycles. The third kappa shape index (κ3) is 3.85. The summed E-state index contributed by atoms with van der Waals surface area (Å²) in [5.41, 5.74) is 1.40. The van der Waals surface area contributed by atoms with Crippen LogP contribution < -0.4 is 5.32 Å². The van der Waals surface area contributed by atoms with Gasteiger partial charge in [-0.05, 0) is 31.0 Å². The minimum atomic E-state index is 0.612. The summed E-state index contributed by atoms with van der Waals surface area (Å²) in [5.74, 6) is 2.60. The molecule has 1 aromatic carbocycles. The zero-order valence-corrected chi connectivity index (χ0v) is 9.72. The number of halogens is 1. The van der Waals surface area contributed by atoms with Crippen molar-refractivity contribution >= 4 is 17.3 Å². The van der Waals surface area contributed by atoms with Crippen LogP contribution in [-0.2, 0) is 0 Å². The molecule has 0 aromatic heterocycles. The predicted molar refractivity (Wildman–Crippen MR) is 67.3 cm³/mol. The summed E-state index contributed by atoms with van der Waals surface area (Å²) in [6.07, 6.45) is 7.93. The van der Waals surface area contributed by atoms with E-state index in [2.05, 4.69) is 17.3 Å². The van der Waals surface area contributed by atoms with E-state index in [1.165, 1.54) is 0 Å². The highest BCUT2D eigenvalue weighted by atomic mass is 35.5. The van der Waals surface area contributed by atoms with Crippen LogP contribution in [0.15, 0.2) is 18.2 Å². The number of rotatable bonds is 5. The number of terminal acetylenes is 1. The Kier molecular flexibility index (Phi) is 5.26. The first-order valence-corrected chi connectivity index (χ1v) is 5.52. The smallest absolute Gasteiger partial charge is 0.101 e. The summed E-state index contributed by atoms with van der Waals surface area (Å²) in [6.45, 7) is 0.802. The number of hydrogen-bond acceptors (Lipinski definition) is 2. The summed E-state index contributed by atoms with van der Waals surface area (Å²) >= 11 is 5.86. The average Bonchev–Trinajstić information content (AvgIpc) is 2.29. The molecule has 0 aliphatic rings. The quantitative estimate of drug-likeness (QED) is 0.624. The molecule has 0 saturated carbocycles. The summed E-state index contributed by atoms with van der Waals surface area (Å²) in [7, 11) is 0. The fourth-order valence-electron chi connectivity index (χ4n) is 1.34. The Bertz CT molecular complexity index is 427. The molecular formula is C13H13ClN2. The molecule has 0 radical (unpaired) electrons. The minimum absolute atomic E-state index is 0.612. The van der Waals surface area contributed by atoms with Gasteiger partial charge in [0.1, 0.15) is 6.07 Å². The minimum Gasteiger partial charge on any atom is -0.384 e. The highest BCUT2D eigenvalue weighted by molar-refractivity contribution is 6.30. The monoisotopic (exact) mass is 232 g/mol. The van der Waals surface area contributed by atoms with Gasteiger partial charge in [-0.25, -0.2) is 0 Å². The van der Waals surface area contributed by atoms with Gasteiger partial charge in [0.15, 0.2) is 0 Å². The zero-order valence-electron chi connectivity index (χ0n) is 8.96. The van der Waals surface area contributed by atoms with E-state index >= 15 is 0 Å². The van der Waals surface area contributed by atoms with E-state index in [0.29, 0.717) is 10.6 Å². The van der Waals surface area contributed by atoms with E-state index in [-0.39, 0.29) is 0 Å². The SMILES string of the molecule is C#CCCCCNc1cc(Cl)ccc1C#N. The van der Waals surface area contributed by atoms with Gasteiger partial charge >= 0.3 is 0 Å². The lowest BCUT2D eigenvalue weighted by Crippen LogP contribution is -2.03. The molecule has 1 aromatic rings. The molecule has 0 atom stereocenters. The number of benzene rings is 1. The number of unbranched alkanes of at least 4 members (excludes halogenated alkanes) is 2. The molecule has 0 saturated heterocycles. The maximum absolute atomic E-state index is 8.89. The third-order valence-electron chi connectivity index (χ3n) is 2.17. The lowest BCUT2D eigenvalue weighted by Gasteiger charge is -2.07. The molecule has 2 nitrogen and oxygen atoms in total. The van der Waals surface area contributed by atoms with Crippen LogP contribution in [0.2, 0.25) is 5.02 Å². The molecule has 0 bridgehead atoms. The Morgan fingerprint density at radius 3 is 2.88 bits per heavy atom. The van der Waals surface area contributed by atoms with Crippen molar-refractivity contribution in [2.75, 3.05) is 11.9 Å². The van der Waals surface area contributed by atoms with Crippen LogP contribution in [0, 0.1) is 23.7 Å². The van der Waals surface area contributed by atoms with Gasteiger partial charge in [-0.1, -0.05) is 11.6 Å². The molecule has 1 rings (SSSR count). The van der Waals surface area contributed by atoms with Crippen molar-refractivity contribution in [3.05, 3.63) is 28.8 Å². The first-order chi connectivity index (χ1) is 7.77. The van der Waals surface area contributed by atoms with E-state index < -0.39 is 0 Å². The average molecular weight is 233 g/mol. The van der Waals surface area contributed by atoms with Crippen molar-refractivity contribution in [2.24, 2.45) is 0 Å². The number of nitrogens with one attached hydrogen (secondary N) is 1. The maximum Gasteiger partial charge on any atom is 0.101 e. The van der Waals surface area contributed by atoms with Crippen LogP contribution in [0.5, 0.6) is 0 Å². The summed E-state index contributed by atoms with van der Waals surface area (Å²) < 4.78 is 0. The Morgan fingerprint density at radius 1 is 1.38 bits per heavy atom. The molecule has 0 fully saturated rings. The third-order valence-corrected chi connectivity index (χ3v) is 2.40. The highest BCUT2D eigenvalue weighted by Crippen LogP contribution is 2.20. The normalized spacial score (nSPS) is 9.19. The van der Waals surface area contributed by atoms with Gasteiger partial charge in [0.05, 0.1) is 11.3 Å². The van der Waals surface area contributed by atoms with Crippen molar-refractivity contribution < 1.29 is 0 Å². The van der Waals surface area contributed by atoms with Crippen LogP contribution in [0.3, 0.4) is 0 Å². The van der Waals surface area contributed by atoms with E-state index in [1.54, 1.807) is 18.2 Å². The highest BCUT2D eigenvalue weighted by Gasteiger charge is 2.01. The first kappa shape index (κ1) is 12.4. The number of nitriles is 1. The first-order valence-electron chi connectivity index (χ1n) is 5.15. The topological polar surface area (TPSA) is 35.8 Å². The Labute approximate surface area is 101 Å². The van der Waals surface area contributed by atoms with Crippen LogP contribution in [0.1, 0.15) is 24.8 Å². The second-order valence-corrected chi connectivity index (χ2v) is 3.83. The van der Waals surface area contributed by atoms with Crippen molar-refractivity contribution in [2.45, 2.75) is 19.3 Å².